The lowest BCUT2D eigenvalue weighted by atomic mass is 9.60. The highest BCUT2D eigenvalue weighted by Crippen LogP contribution is 2.53. The van der Waals surface area contributed by atoms with Gasteiger partial charge in [0.15, 0.2) is 5.79 Å². The first kappa shape index (κ1) is 14.9. The van der Waals surface area contributed by atoms with Crippen LogP contribution in [0.3, 0.4) is 0 Å². The summed E-state index contributed by atoms with van der Waals surface area (Å²) in [5, 5.41) is 29.9. The fraction of sp³-hybridized carbons (Fsp3) is 1.00. The van der Waals surface area contributed by atoms with E-state index >= 15 is 0 Å². The number of likely N-dealkylation sites (tertiary alicyclic amines) is 1. The van der Waals surface area contributed by atoms with Crippen molar-refractivity contribution >= 4 is 0 Å². The molecule has 3 N–H and O–H groups in total. The number of hydrogen-bond acceptors (Lipinski definition) is 4. The predicted molar refractivity (Wildman–Crippen MR) is 67.5 cm³/mol. The summed E-state index contributed by atoms with van der Waals surface area (Å²) in [6.45, 7) is 12.3. The molecule has 0 aromatic rings. The van der Waals surface area contributed by atoms with Gasteiger partial charge >= 0.3 is 0 Å². The van der Waals surface area contributed by atoms with Crippen LogP contribution in [-0.4, -0.2) is 50.2 Å². The molecule has 1 heterocycles. The summed E-state index contributed by atoms with van der Waals surface area (Å²) in [6.07, 6.45) is 0.274. The number of nitrogens with zero attached hydrogens (tertiary/aromatic N) is 1. The third-order valence-electron chi connectivity index (χ3n) is 4.94. The molecule has 0 aliphatic carbocycles. The molecule has 1 aliphatic heterocycles. The fourth-order valence-electron chi connectivity index (χ4n) is 3.19. The summed E-state index contributed by atoms with van der Waals surface area (Å²) in [5.74, 6) is -1.70. The van der Waals surface area contributed by atoms with Gasteiger partial charge < -0.3 is 15.3 Å². The molecular formula is C13H27NO3. The Hall–Kier alpha value is -0.160. The molecule has 17 heavy (non-hydrogen) atoms. The van der Waals surface area contributed by atoms with Gasteiger partial charge in [-0.05, 0) is 27.7 Å². The van der Waals surface area contributed by atoms with Crippen LogP contribution in [0, 0.1) is 5.41 Å². The standard InChI is InChI=1S/C13H27NO3/c1-10(2)9-13(16,17)11(3,4)12(5,6)14(10)7-8-15/h15-17H,7-9H2,1-6H3. The first-order valence-electron chi connectivity index (χ1n) is 6.23. The zero-order valence-electron chi connectivity index (χ0n) is 11.9. The third-order valence-corrected chi connectivity index (χ3v) is 4.94. The van der Waals surface area contributed by atoms with E-state index in [9.17, 15) is 15.3 Å². The topological polar surface area (TPSA) is 63.9 Å². The number of hydrogen-bond donors (Lipinski definition) is 3. The summed E-state index contributed by atoms with van der Waals surface area (Å²) < 4.78 is 0. The zero-order chi connectivity index (χ0) is 13.7. The molecule has 0 aromatic carbocycles. The van der Waals surface area contributed by atoms with E-state index < -0.39 is 16.7 Å². The maximum absolute atomic E-state index is 10.3. The van der Waals surface area contributed by atoms with Crippen molar-refractivity contribution in [2.75, 3.05) is 13.2 Å². The smallest absolute Gasteiger partial charge is 0.171 e. The molecule has 0 bridgehead atoms. The van der Waals surface area contributed by atoms with Gasteiger partial charge in [-0.15, -0.1) is 0 Å². The number of aliphatic hydroxyl groups is 3. The normalized spacial score (nSPS) is 30.2. The molecule has 1 aliphatic rings. The molecule has 1 fully saturated rings. The van der Waals surface area contributed by atoms with Crippen molar-refractivity contribution in [2.45, 2.75) is 64.8 Å². The molecule has 0 unspecified atom stereocenters. The van der Waals surface area contributed by atoms with Gasteiger partial charge in [-0.25, -0.2) is 0 Å². The fourth-order valence-corrected chi connectivity index (χ4v) is 3.19. The number of aliphatic hydroxyl groups excluding tert-OH is 1. The summed E-state index contributed by atoms with van der Waals surface area (Å²) in [4.78, 5) is 2.17. The van der Waals surface area contributed by atoms with Crippen LogP contribution < -0.4 is 0 Å². The second kappa shape index (κ2) is 3.92. The van der Waals surface area contributed by atoms with Gasteiger partial charge in [0, 0.05) is 29.5 Å². The average molecular weight is 245 g/mol. The molecule has 4 heteroatoms. The summed E-state index contributed by atoms with van der Waals surface area (Å²) in [7, 11) is 0. The van der Waals surface area contributed by atoms with Gasteiger partial charge in [-0.3, -0.25) is 4.90 Å². The van der Waals surface area contributed by atoms with Gasteiger partial charge in [-0.2, -0.15) is 0 Å². The van der Waals surface area contributed by atoms with Crippen molar-refractivity contribution in [3.05, 3.63) is 0 Å². The van der Waals surface area contributed by atoms with Crippen molar-refractivity contribution in [3.8, 4) is 0 Å². The molecule has 1 saturated heterocycles. The summed E-state index contributed by atoms with van der Waals surface area (Å²) in [5.41, 5.74) is -1.45. The zero-order valence-corrected chi connectivity index (χ0v) is 11.9. The lowest BCUT2D eigenvalue weighted by Gasteiger charge is -2.64. The number of β-amino-alcohol motifs (C(OH)–C–C–N with tert-alkyl or cyclic N) is 1. The Balaban J connectivity index is 3.26. The van der Waals surface area contributed by atoms with Crippen LogP contribution in [0.25, 0.3) is 0 Å². The molecule has 0 amide bonds. The van der Waals surface area contributed by atoms with E-state index in [0.29, 0.717) is 6.54 Å². The SMILES string of the molecule is CC1(C)CC(O)(O)C(C)(C)C(C)(C)N1CCO. The lowest BCUT2D eigenvalue weighted by Crippen LogP contribution is -2.74. The summed E-state index contributed by atoms with van der Waals surface area (Å²) >= 11 is 0. The van der Waals surface area contributed by atoms with Crippen LogP contribution >= 0.6 is 0 Å². The second-order valence-electron chi connectivity index (χ2n) is 6.87. The van der Waals surface area contributed by atoms with E-state index in [1.165, 1.54) is 0 Å². The van der Waals surface area contributed by atoms with Gasteiger partial charge in [0.05, 0.1) is 6.61 Å². The van der Waals surface area contributed by atoms with Crippen molar-refractivity contribution in [1.82, 2.24) is 4.90 Å². The van der Waals surface area contributed by atoms with E-state index in [1.807, 2.05) is 41.5 Å². The van der Waals surface area contributed by atoms with Gasteiger partial charge in [0.2, 0.25) is 0 Å². The largest absolute Gasteiger partial charge is 0.395 e. The first-order chi connectivity index (χ1) is 7.40. The highest BCUT2D eigenvalue weighted by molar-refractivity contribution is 5.12. The van der Waals surface area contributed by atoms with Crippen molar-refractivity contribution in [2.24, 2.45) is 5.41 Å². The highest BCUT2D eigenvalue weighted by atomic mass is 16.5. The Morgan fingerprint density at radius 2 is 1.47 bits per heavy atom. The minimum absolute atomic E-state index is 0.0762. The Labute approximate surface area is 104 Å². The molecule has 0 aromatic heterocycles. The molecule has 0 saturated carbocycles. The maximum atomic E-state index is 10.3. The van der Waals surface area contributed by atoms with Gasteiger partial charge in [0.25, 0.3) is 0 Å². The Bertz CT molecular complexity index is 295. The third kappa shape index (κ3) is 2.01. The van der Waals surface area contributed by atoms with Crippen molar-refractivity contribution in [1.29, 1.82) is 0 Å². The van der Waals surface area contributed by atoms with Crippen LogP contribution in [0.1, 0.15) is 48.0 Å². The lowest BCUT2D eigenvalue weighted by molar-refractivity contribution is -0.318. The van der Waals surface area contributed by atoms with Gasteiger partial charge in [0.1, 0.15) is 0 Å². The molecule has 0 spiro atoms. The van der Waals surface area contributed by atoms with Crippen LogP contribution in [0.4, 0.5) is 0 Å². The molecule has 0 radical (unpaired) electrons. The number of rotatable bonds is 2. The highest BCUT2D eigenvalue weighted by Gasteiger charge is 2.62. The minimum atomic E-state index is -1.70. The quantitative estimate of drug-likeness (QED) is 0.634. The molecule has 0 atom stereocenters. The predicted octanol–water partition coefficient (Wildman–Crippen LogP) is 0.949. The average Bonchev–Trinajstić information content (AvgIpc) is 2.09. The number of piperidine rings is 1. The minimum Gasteiger partial charge on any atom is -0.395 e. The van der Waals surface area contributed by atoms with E-state index in [2.05, 4.69) is 4.90 Å². The monoisotopic (exact) mass is 245 g/mol. The Morgan fingerprint density at radius 1 is 1.00 bits per heavy atom. The molecule has 1 rings (SSSR count). The van der Waals surface area contributed by atoms with E-state index in [1.54, 1.807) is 0 Å². The Kier molecular flexibility index (Phi) is 3.43. The van der Waals surface area contributed by atoms with Crippen LogP contribution in [-0.2, 0) is 0 Å². The maximum Gasteiger partial charge on any atom is 0.171 e. The second-order valence-corrected chi connectivity index (χ2v) is 6.87. The van der Waals surface area contributed by atoms with E-state index in [4.69, 9.17) is 0 Å². The first-order valence-corrected chi connectivity index (χ1v) is 6.23. The molecule has 4 nitrogen and oxygen atoms in total. The summed E-state index contributed by atoms with van der Waals surface area (Å²) in [6, 6.07) is 0. The van der Waals surface area contributed by atoms with E-state index in [0.717, 1.165) is 0 Å². The van der Waals surface area contributed by atoms with Crippen LogP contribution in [0.2, 0.25) is 0 Å². The van der Waals surface area contributed by atoms with Crippen LogP contribution in [0.15, 0.2) is 0 Å². The van der Waals surface area contributed by atoms with E-state index in [-0.39, 0.29) is 18.6 Å². The van der Waals surface area contributed by atoms with Gasteiger partial charge in [-0.1, -0.05) is 13.8 Å². The van der Waals surface area contributed by atoms with Crippen LogP contribution in [0.5, 0.6) is 0 Å². The molecular weight excluding hydrogens is 218 g/mol. The molecule has 102 valence electrons. The van der Waals surface area contributed by atoms with Crippen molar-refractivity contribution in [3.63, 3.8) is 0 Å². The van der Waals surface area contributed by atoms with Crippen molar-refractivity contribution < 1.29 is 15.3 Å². The Morgan fingerprint density at radius 3 is 1.88 bits per heavy atom.